The standard InChI is InChI=1S/C17H16N2O/c1-13-7-9-15(10-8-13)20-16-11-18-19(12-16)17-6-4-3-5-14(17)2/h3-12H,1-2H3. The molecule has 3 aromatic rings. The van der Waals surface area contributed by atoms with Crippen LogP contribution in [0, 0.1) is 13.8 Å². The van der Waals surface area contributed by atoms with Gasteiger partial charge in [-0.1, -0.05) is 35.9 Å². The topological polar surface area (TPSA) is 27.1 Å². The van der Waals surface area contributed by atoms with Gasteiger partial charge < -0.3 is 4.74 Å². The summed E-state index contributed by atoms with van der Waals surface area (Å²) in [6.07, 6.45) is 3.62. The molecule has 1 aromatic heterocycles. The summed E-state index contributed by atoms with van der Waals surface area (Å²) < 4.78 is 7.62. The van der Waals surface area contributed by atoms with Crippen LogP contribution in [0.25, 0.3) is 5.69 Å². The number of hydrogen-bond donors (Lipinski definition) is 0. The molecule has 0 saturated heterocycles. The van der Waals surface area contributed by atoms with Crippen LogP contribution in [0.1, 0.15) is 11.1 Å². The van der Waals surface area contributed by atoms with Crippen molar-refractivity contribution in [1.82, 2.24) is 9.78 Å². The van der Waals surface area contributed by atoms with Crippen molar-refractivity contribution in [2.45, 2.75) is 13.8 Å². The molecular weight excluding hydrogens is 248 g/mol. The summed E-state index contributed by atoms with van der Waals surface area (Å²) in [6.45, 7) is 4.12. The first-order chi connectivity index (χ1) is 9.72. The Balaban J connectivity index is 1.84. The number of hydrogen-bond acceptors (Lipinski definition) is 2. The van der Waals surface area contributed by atoms with Crippen molar-refractivity contribution in [3.8, 4) is 17.2 Å². The number of nitrogens with zero attached hydrogens (tertiary/aromatic N) is 2. The first-order valence-corrected chi connectivity index (χ1v) is 6.57. The molecule has 3 nitrogen and oxygen atoms in total. The number of rotatable bonds is 3. The van der Waals surface area contributed by atoms with E-state index in [0.717, 1.165) is 17.2 Å². The predicted molar refractivity (Wildman–Crippen MR) is 79.6 cm³/mol. The summed E-state index contributed by atoms with van der Waals surface area (Å²) in [7, 11) is 0. The zero-order valence-corrected chi connectivity index (χ0v) is 11.6. The lowest BCUT2D eigenvalue weighted by Gasteiger charge is -2.05. The fourth-order valence-corrected chi connectivity index (χ4v) is 2.05. The number of aryl methyl sites for hydroxylation is 2. The first kappa shape index (κ1) is 12.5. The summed E-state index contributed by atoms with van der Waals surface area (Å²) in [4.78, 5) is 0. The zero-order valence-electron chi connectivity index (χ0n) is 11.6. The second-order valence-electron chi connectivity index (χ2n) is 4.82. The van der Waals surface area contributed by atoms with E-state index in [-0.39, 0.29) is 0 Å². The molecule has 3 heteroatoms. The van der Waals surface area contributed by atoms with Gasteiger partial charge in [0, 0.05) is 0 Å². The van der Waals surface area contributed by atoms with E-state index in [1.54, 1.807) is 6.20 Å². The van der Waals surface area contributed by atoms with Gasteiger partial charge in [0.05, 0.1) is 18.1 Å². The maximum Gasteiger partial charge on any atom is 0.165 e. The van der Waals surface area contributed by atoms with E-state index in [1.807, 2.05) is 53.3 Å². The average Bonchev–Trinajstić information content (AvgIpc) is 2.90. The molecule has 0 aliphatic carbocycles. The van der Waals surface area contributed by atoms with Crippen LogP contribution in [-0.4, -0.2) is 9.78 Å². The van der Waals surface area contributed by atoms with Crippen LogP contribution >= 0.6 is 0 Å². The summed E-state index contributed by atoms with van der Waals surface area (Å²) in [5.74, 6) is 1.55. The van der Waals surface area contributed by atoms with Crippen molar-refractivity contribution < 1.29 is 4.74 Å². The lowest BCUT2D eigenvalue weighted by Crippen LogP contribution is -1.96. The quantitative estimate of drug-likeness (QED) is 0.706. The molecule has 20 heavy (non-hydrogen) atoms. The molecule has 1 heterocycles. The Morgan fingerprint density at radius 3 is 2.40 bits per heavy atom. The van der Waals surface area contributed by atoms with Gasteiger partial charge >= 0.3 is 0 Å². The minimum atomic E-state index is 0.733. The average molecular weight is 264 g/mol. The minimum Gasteiger partial charge on any atom is -0.454 e. The Hall–Kier alpha value is -2.55. The van der Waals surface area contributed by atoms with Crippen molar-refractivity contribution in [3.63, 3.8) is 0 Å². The molecule has 0 N–H and O–H groups in total. The Labute approximate surface area is 118 Å². The first-order valence-electron chi connectivity index (χ1n) is 6.57. The smallest absolute Gasteiger partial charge is 0.165 e. The van der Waals surface area contributed by atoms with Crippen molar-refractivity contribution in [3.05, 3.63) is 72.1 Å². The number of ether oxygens (including phenoxy) is 1. The molecule has 0 amide bonds. The molecule has 0 unspecified atom stereocenters. The molecule has 2 aromatic carbocycles. The fraction of sp³-hybridized carbons (Fsp3) is 0.118. The highest BCUT2D eigenvalue weighted by molar-refractivity contribution is 5.40. The van der Waals surface area contributed by atoms with Crippen molar-refractivity contribution in [2.75, 3.05) is 0 Å². The summed E-state index contributed by atoms with van der Waals surface area (Å²) in [5, 5.41) is 4.35. The van der Waals surface area contributed by atoms with Gasteiger partial charge in [0.1, 0.15) is 5.75 Å². The van der Waals surface area contributed by atoms with Crippen LogP contribution in [0.3, 0.4) is 0 Å². The number of benzene rings is 2. The van der Waals surface area contributed by atoms with Gasteiger partial charge in [-0.05, 0) is 37.6 Å². The maximum atomic E-state index is 5.79. The van der Waals surface area contributed by atoms with E-state index in [4.69, 9.17) is 4.74 Å². The van der Waals surface area contributed by atoms with Gasteiger partial charge in [0.15, 0.2) is 5.75 Å². The lowest BCUT2D eigenvalue weighted by atomic mass is 10.2. The van der Waals surface area contributed by atoms with Gasteiger partial charge in [0.2, 0.25) is 0 Å². The van der Waals surface area contributed by atoms with Gasteiger partial charge in [0.25, 0.3) is 0 Å². The van der Waals surface area contributed by atoms with E-state index >= 15 is 0 Å². The fourth-order valence-electron chi connectivity index (χ4n) is 2.05. The molecule has 0 atom stereocenters. The zero-order chi connectivity index (χ0) is 13.9. The van der Waals surface area contributed by atoms with Gasteiger partial charge in [-0.3, -0.25) is 0 Å². The second kappa shape index (κ2) is 5.21. The summed E-state index contributed by atoms with van der Waals surface area (Å²) in [6, 6.07) is 16.1. The monoisotopic (exact) mass is 264 g/mol. The second-order valence-corrected chi connectivity index (χ2v) is 4.82. The molecular formula is C17H16N2O. The molecule has 0 radical (unpaired) electrons. The molecule has 0 bridgehead atoms. The summed E-state index contributed by atoms with van der Waals surface area (Å²) >= 11 is 0. The van der Waals surface area contributed by atoms with Crippen molar-refractivity contribution >= 4 is 0 Å². The Kier molecular flexibility index (Phi) is 3.25. The minimum absolute atomic E-state index is 0.733. The number of aromatic nitrogens is 2. The lowest BCUT2D eigenvalue weighted by molar-refractivity contribution is 0.482. The molecule has 0 aliphatic rings. The Morgan fingerprint density at radius 2 is 1.65 bits per heavy atom. The number of para-hydroxylation sites is 1. The van der Waals surface area contributed by atoms with Gasteiger partial charge in [-0.2, -0.15) is 5.10 Å². The maximum absolute atomic E-state index is 5.79. The van der Waals surface area contributed by atoms with Crippen LogP contribution in [0.5, 0.6) is 11.5 Å². The van der Waals surface area contributed by atoms with E-state index < -0.39 is 0 Å². The molecule has 0 spiro atoms. The highest BCUT2D eigenvalue weighted by atomic mass is 16.5. The van der Waals surface area contributed by atoms with Crippen LogP contribution in [0.2, 0.25) is 0 Å². The van der Waals surface area contributed by atoms with Crippen LogP contribution in [0.4, 0.5) is 0 Å². The Bertz CT molecular complexity index is 714. The molecule has 100 valence electrons. The third kappa shape index (κ3) is 2.57. The van der Waals surface area contributed by atoms with Crippen LogP contribution < -0.4 is 4.74 Å². The van der Waals surface area contributed by atoms with E-state index in [9.17, 15) is 0 Å². The molecule has 0 aliphatic heterocycles. The predicted octanol–water partition coefficient (Wildman–Crippen LogP) is 4.28. The van der Waals surface area contributed by atoms with Crippen molar-refractivity contribution in [2.24, 2.45) is 0 Å². The summed E-state index contributed by atoms with van der Waals surface area (Å²) in [5.41, 5.74) is 3.46. The highest BCUT2D eigenvalue weighted by Crippen LogP contribution is 2.22. The van der Waals surface area contributed by atoms with Gasteiger partial charge in [-0.15, -0.1) is 0 Å². The van der Waals surface area contributed by atoms with E-state index in [0.29, 0.717) is 0 Å². The molecule has 0 fully saturated rings. The van der Waals surface area contributed by atoms with E-state index in [2.05, 4.69) is 25.0 Å². The third-order valence-electron chi connectivity index (χ3n) is 3.18. The third-order valence-corrected chi connectivity index (χ3v) is 3.18. The highest BCUT2D eigenvalue weighted by Gasteiger charge is 2.04. The van der Waals surface area contributed by atoms with E-state index in [1.165, 1.54) is 11.1 Å². The normalized spacial score (nSPS) is 10.5. The largest absolute Gasteiger partial charge is 0.454 e. The Morgan fingerprint density at radius 1 is 0.900 bits per heavy atom. The van der Waals surface area contributed by atoms with Gasteiger partial charge in [-0.25, -0.2) is 4.68 Å². The molecule has 3 rings (SSSR count). The SMILES string of the molecule is Cc1ccc(Oc2cnn(-c3ccccc3C)c2)cc1. The van der Waals surface area contributed by atoms with Crippen molar-refractivity contribution in [1.29, 1.82) is 0 Å². The van der Waals surface area contributed by atoms with Crippen LogP contribution in [-0.2, 0) is 0 Å². The molecule has 0 saturated carbocycles. The van der Waals surface area contributed by atoms with Crippen LogP contribution in [0.15, 0.2) is 60.9 Å².